The fourth-order valence-electron chi connectivity index (χ4n) is 1.73. The van der Waals surface area contributed by atoms with Gasteiger partial charge in [0.2, 0.25) is 0 Å². The third kappa shape index (κ3) is 1.13. The summed E-state index contributed by atoms with van der Waals surface area (Å²) in [4.78, 5) is 1.52. The highest BCUT2D eigenvalue weighted by Crippen LogP contribution is 2.33. The second-order valence-electron chi connectivity index (χ2n) is 3.13. The average Bonchev–Trinajstić information content (AvgIpc) is 2.44. The number of thiophene rings is 1. The van der Waals surface area contributed by atoms with Crippen molar-refractivity contribution in [1.82, 2.24) is 5.32 Å². The van der Waals surface area contributed by atoms with Crippen LogP contribution in [0.2, 0.25) is 0 Å². The second kappa shape index (κ2) is 3.07. The van der Waals surface area contributed by atoms with Gasteiger partial charge in [0.25, 0.3) is 0 Å². The Labute approximate surface area is 77.0 Å². The minimum absolute atomic E-state index is 1.06. The second-order valence-corrected chi connectivity index (χ2v) is 4.24. The molecule has 2 rings (SSSR count). The van der Waals surface area contributed by atoms with Crippen LogP contribution >= 0.6 is 11.3 Å². The van der Waals surface area contributed by atoms with E-state index >= 15 is 0 Å². The number of rotatable bonds is 1. The largest absolute Gasteiger partial charge is 0.380 e. The van der Waals surface area contributed by atoms with Gasteiger partial charge < -0.3 is 10.6 Å². The molecule has 0 aliphatic carbocycles. The molecule has 0 amide bonds. The summed E-state index contributed by atoms with van der Waals surface area (Å²) in [6, 6.07) is 0. The zero-order chi connectivity index (χ0) is 8.55. The first-order valence-corrected chi connectivity index (χ1v) is 5.14. The Hall–Kier alpha value is -0.540. The monoisotopic (exact) mass is 182 g/mol. The SMILES string of the molecule is CNc1sc2c(c1C)CCNC2. The molecule has 3 heteroatoms. The first-order chi connectivity index (χ1) is 5.83. The van der Waals surface area contributed by atoms with Crippen molar-refractivity contribution < 1.29 is 0 Å². The summed E-state index contributed by atoms with van der Waals surface area (Å²) in [5.74, 6) is 0. The minimum Gasteiger partial charge on any atom is -0.380 e. The smallest absolute Gasteiger partial charge is 0.0915 e. The van der Waals surface area contributed by atoms with Gasteiger partial charge in [-0.1, -0.05) is 0 Å². The Kier molecular flexibility index (Phi) is 2.07. The van der Waals surface area contributed by atoms with E-state index in [2.05, 4.69) is 17.6 Å². The van der Waals surface area contributed by atoms with Crippen molar-refractivity contribution >= 4 is 16.3 Å². The molecule has 0 unspecified atom stereocenters. The molecule has 1 aliphatic heterocycles. The number of hydrogen-bond acceptors (Lipinski definition) is 3. The average molecular weight is 182 g/mol. The third-order valence-corrected chi connectivity index (χ3v) is 3.77. The van der Waals surface area contributed by atoms with Crippen molar-refractivity contribution in [3.63, 3.8) is 0 Å². The summed E-state index contributed by atoms with van der Waals surface area (Å²) in [7, 11) is 2.00. The van der Waals surface area contributed by atoms with E-state index in [-0.39, 0.29) is 0 Å². The number of hydrogen-bond donors (Lipinski definition) is 2. The van der Waals surface area contributed by atoms with Crippen molar-refractivity contribution in [2.24, 2.45) is 0 Å². The van der Waals surface area contributed by atoms with E-state index in [9.17, 15) is 0 Å². The Balaban J connectivity index is 2.44. The maximum Gasteiger partial charge on any atom is 0.0915 e. The van der Waals surface area contributed by atoms with E-state index in [4.69, 9.17) is 0 Å². The molecule has 1 aromatic heterocycles. The van der Waals surface area contributed by atoms with E-state index in [1.165, 1.54) is 21.9 Å². The van der Waals surface area contributed by atoms with E-state index in [1.54, 1.807) is 5.56 Å². The molecule has 0 fully saturated rings. The fraction of sp³-hybridized carbons (Fsp3) is 0.556. The van der Waals surface area contributed by atoms with Gasteiger partial charge in [-0.2, -0.15) is 0 Å². The normalized spacial score (nSPS) is 15.8. The lowest BCUT2D eigenvalue weighted by molar-refractivity contribution is 0.652. The van der Waals surface area contributed by atoms with Gasteiger partial charge in [0.05, 0.1) is 5.00 Å². The number of anilines is 1. The molecule has 0 spiro atoms. The number of fused-ring (bicyclic) bond motifs is 1. The fourth-order valence-corrected chi connectivity index (χ4v) is 2.91. The van der Waals surface area contributed by atoms with E-state index in [0.717, 1.165) is 13.1 Å². The summed E-state index contributed by atoms with van der Waals surface area (Å²) < 4.78 is 0. The van der Waals surface area contributed by atoms with Crippen LogP contribution in [0.3, 0.4) is 0 Å². The molecular formula is C9H14N2S. The van der Waals surface area contributed by atoms with E-state index < -0.39 is 0 Å². The van der Waals surface area contributed by atoms with Gasteiger partial charge in [0.1, 0.15) is 0 Å². The molecule has 1 aliphatic rings. The number of nitrogens with one attached hydrogen (secondary N) is 2. The highest BCUT2D eigenvalue weighted by atomic mass is 32.1. The maximum absolute atomic E-state index is 3.39. The standard InChI is InChI=1S/C9H14N2S/c1-6-7-3-4-11-5-8(7)12-9(6)10-2/h10-11H,3-5H2,1-2H3. The quantitative estimate of drug-likeness (QED) is 0.691. The summed E-state index contributed by atoms with van der Waals surface area (Å²) in [5.41, 5.74) is 3.03. The predicted octanol–water partition coefficient (Wildman–Crippen LogP) is 1.74. The lowest BCUT2D eigenvalue weighted by Crippen LogP contribution is -2.22. The lowest BCUT2D eigenvalue weighted by Gasteiger charge is -2.12. The van der Waals surface area contributed by atoms with Gasteiger partial charge in [0.15, 0.2) is 0 Å². The minimum atomic E-state index is 1.06. The van der Waals surface area contributed by atoms with Crippen LogP contribution in [-0.2, 0) is 13.0 Å². The first-order valence-electron chi connectivity index (χ1n) is 4.32. The van der Waals surface area contributed by atoms with Crippen LogP contribution in [0.25, 0.3) is 0 Å². The molecule has 12 heavy (non-hydrogen) atoms. The summed E-state index contributed by atoms with van der Waals surface area (Å²) in [5, 5.41) is 7.97. The zero-order valence-corrected chi connectivity index (χ0v) is 8.35. The van der Waals surface area contributed by atoms with Crippen molar-refractivity contribution in [3.05, 3.63) is 16.0 Å². The molecule has 0 radical (unpaired) electrons. The van der Waals surface area contributed by atoms with Gasteiger partial charge in [0, 0.05) is 18.5 Å². The van der Waals surface area contributed by atoms with Crippen LogP contribution in [0, 0.1) is 6.92 Å². The van der Waals surface area contributed by atoms with Gasteiger partial charge in [-0.3, -0.25) is 0 Å². The first kappa shape index (κ1) is 8.08. The van der Waals surface area contributed by atoms with Crippen LogP contribution in [0.4, 0.5) is 5.00 Å². The van der Waals surface area contributed by atoms with E-state index in [0.29, 0.717) is 0 Å². The van der Waals surface area contributed by atoms with Crippen LogP contribution in [0.15, 0.2) is 0 Å². The van der Waals surface area contributed by atoms with Gasteiger partial charge in [-0.15, -0.1) is 11.3 Å². The molecule has 2 N–H and O–H groups in total. The van der Waals surface area contributed by atoms with Crippen molar-refractivity contribution in [1.29, 1.82) is 0 Å². The molecule has 0 atom stereocenters. The van der Waals surface area contributed by atoms with Crippen molar-refractivity contribution in [2.75, 3.05) is 18.9 Å². The summed E-state index contributed by atoms with van der Waals surface area (Å²) in [6.45, 7) is 4.41. The Morgan fingerprint density at radius 2 is 2.33 bits per heavy atom. The molecule has 0 saturated carbocycles. The van der Waals surface area contributed by atoms with Crippen LogP contribution < -0.4 is 10.6 Å². The molecule has 1 aromatic rings. The van der Waals surface area contributed by atoms with Gasteiger partial charge >= 0.3 is 0 Å². The highest BCUT2D eigenvalue weighted by Gasteiger charge is 2.16. The van der Waals surface area contributed by atoms with Crippen molar-refractivity contribution in [2.45, 2.75) is 19.9 Å². The molecule has 2 heterocycles. The van der Waals surface area contributed by atoms with Gasteiger partial charge in [-0.25, -0.2) is 0 Å². The lowest BCUT2D eigenvalue weighted by atomic mass is 10.1. The third-order valence-electron chi connectivity index (χ3n) is 2.42. The molecule has 0 aromatic carbocycles. The molecule has 0 saturated heterocycles. The highest BCUT2D eigenvalue weighted by molar-refractivity contribution is 7.16. The van der Waals surface area contributed by atoms with E-state index in [1.807, 2.05) is 18.4 Å². The summed E-state index contributed by atoms with van der Waals surface area (Å²) in [6.07, 6.45) is 1.19. The predicted molar refractivity (Wildman–Crippen MR) is 54.0 cm³/mol. The molecule has 66 valence electrons. The molecular weight excluding hydrogens is 168 g/mol. The zero-order valence-electron chi connectivity index (χ0n) is 7.53. The maximum atomic E-state index is 3.39. The molecule has 0 bridgehead atoms. The van der Waals surface area contributed by atoms with Crippen LogP contribution in [0.5, 0.6) is 0 Å². The Bertz CT molecular complexity index is 291. The summed E-state index contributed by atoms with van der Waals surface area (Å²) >= 11 is 1.89. The van der Waals surface area contributed by atoms with Crippen molar-refractivity contribution in [3.8, 4) is 0 Å². The topological polar surface area (TPSA) is 24.1 Å². The van der Waals surface area contributed by atoms with Crippen LogP contribution in [-0.4, -0.2) is 13.6 Å². The Morgan fingerprint density at radius 3 is 3.00 bits per heavy atom. The van der Waals surface area contributed by atoms with Crippen LogP contribution in [0.1, 0.15) is 16.0 Å². The van der Waals surface area contributed by atoms with Gasteiger partial charge in [-0.05, 0) is 31.0 Å². The molecule has 2 nitrogen and oxygen atoms in total. The Morgan fingerprint density at radius 1 is 1.50 bits per heavy atom.